The maximum Gasteiger partial charge on any atom is 0.152 e. The van der Waals surface area contributed by atoms with Gasteiger partial charge in [-0.15, -0.1) is 0 Å². The Bertz CT molecular complexity index is 412. The zero-order valence-electron chi connectivity index (χ0n) is 10.6. The van der Waals surface area contributed by atoms with Gasteiger partial charge in [-0.05, 0) is 12.6 Å². The molecule has 88 valence electrons. The number of fused-ring (bicyclic) bond motifs is 1. The Labute approximate surface area is 96.8 Å². The number of aldehydes is 1. The van der Waals surface area contributed by atoms with E-state index in [2.05, 4.69) is 37.7 Å². The maximum atomic E-state index is 11.3. The molecule has 0 saturated carbocycles. The van der Waals surface area contributed by atoms with Gasteiger partial charge < -0.3 is 9.88 Å². The molecule has 1 N–H and O–H groups in total. The number of hydrogen-bond donors (Lipinski definition) is 1. The summed E-state index contributed by atoms with van der Waals surface area (Å²) in [6.07, 6.45) is 2.03. The first-order valence-electron chi connectivity index (χ1n) is 5.81. The van der Waals surface area contributed by atoms with Crippen molar-refractivity contribution in [3.63, 3.8) is 0 Å². The highest BCUT2D eigenvalue weighted by Crippen LogP contribution is 2.31. The average molecular weight is 220 g/mol. The number of likely N-dealkylation sites (N-methyl/N-ethyl adjacent to an activating group) is 1. The number of nitrogens with zero attached hydrogens (tertiary/aromatic N) is 1. The molecule has 0 radical (unpaired) electrons. The number of carbonyl (C=O) groups is 1. The van der Waals surface area contributed by atoms with Crippen LogP contribution in [0.4, 0.5) is 0 Å². The smallest absolute Gasteiger partial charge is 0.152 e. The highest BCUT2D eigenvalue weighted by atomic mass is 16.1. The molecule has 0 saturated heterocycles. The van der Waals surface area contributed by atoms with Gasteiger partial charge in [0.05, 0.1) is 0 Å². The van der Waals surface area contributed by atoms with Gasteiger partial charge in [0, 0.05) is 41.9 Å². The molecule has 0 atom stereocenters. The molecule has 1 aromatic heterocycles. The highest BCUT2D eigenvalue weighted by molar-refractivity contribution is 5.81. The summed E-state index contributed by atoms with van der Waals surface area (Å²) in [4.78, 5) is 17.0. The molecule has 1 aliphatic heterocycles. The van der Waals surface area contributed by atoms with Gasteiger partial charge in [-0.2, -0.15) is 0 Å². The minimum absolute atomic E-state index is 0.00611. The third-order valence-electron chi connectivity index (χ3n) is 3.27. The lowest BCUT2D eigenvalue weighted by molar-refractivity contribution is 0.111. The van der Waals surface area contributed by atoms with E-state index in [1.54, 1.807) is 0 Å². The molecule has 3 nitrogen and oxygen atoms in total. The first-order chi connectivity index (χ1) is 7.43. The van der Waals surface area contributed by atoms with Gasteiger partial charge in [-0.25, -0.2) is 0 Å². The van der Waals surface area contributed by atoms with E-state index in [1.807, 2.05) is 0 Å². The lowest BCUT2D eigenvalue weighted by atomic mass is 9.88. The van der Waals surface area contributed by atoms with Gasteiger partial charge in [0.15, 0.2) is 6.29 Å². The second-order valence-corrected chi connectivity index (χ2v) is 5.73. The van der Waals surface area contributed by atoms with Gasteiger partial charge >= 0.3 is 0 Å². The third-order valence-corrected chi connectivity index (χ3v) is 3.27. The fourth-order valence-electron chi connectivity index (χ4n) is 2.37. The van der Waals surface area contributed by atoms with Crippen LogP contribution in [-0.2, 0) is 18.4 Å². The van der Waals surface area contributed by atoms with Crippen molar-refractivity contribution in [1.29, 1.82) is 0 Å². The Hall–Kier alpha value is -1.09. The number of hydrogen-bond acceptors (Lipinski definition) is 2. The normalized spacial score (nSPS) is 17.2. The van der Waals surface area contributed by atoms with Gasteiger partial charge in [0.25, 0.3) is 0 Å². The molecule has 0 unspecified atom stereocenters. The fourth-order valence-corrected chi connectivity index (χ4v) is 2.37. The number of nitrogens with one attached hydrogen (secondary N) is 1. The Balaban J connectivity index is 2.54. The quantitative estimate of drug-likeness (QED) is 0.736. The van der Waals surface area contributed by atoms with E-state index in [1.165, 1.54) is 11.3 Å². The van der Waals surface area contributed by atoms with E-state index in [0.717, 1.165) is 37.1 Å². The number of rotatable bonds is 1. The number of H-pyrrole nitrogens is 1. The molecule has 0 aliphatic carbocycles. The van der Waals surface area contributed by atoms with Crippen LogP contribution in [0.15, 0.2) is 0 Å². The van der Waals surface area contributed by atoms with Crippen molar-refractivity contribution in [3.05, 3.63) is 22.5 Å². The summed E-state index contributed by atoms with van der Waals surface area (Å²) in [6, 6.07) is 0. The molecule has 2 heterocycles. The standard InChI is InChI=1S/C13H20N2O/c1-13(2,3)12-10(8-16)9-7-15(4)6-5-11(9)14-12/h8,14H,5-7H2,1-4H3. The van der Waals surface area contributed by atoms with Gasteiger partial charge in [0.1, 0.15) is 0 Å². The minimum Gasteiger partial charge on any atom is -0.361 e. The summed E-state index contributed by atoms with van der Waals surface area (Å²) in [5, 5.41) is 0. The van der Waals surface area contributed by atoms with E-state index in [4.69, 9.17) is 0 Å². The molecule has 0 bridgehead atoms. The van der Waals surface area contributed by atoms with Crippen molar-refractivity contribution in [2.24, 2.45) is 0 Å². The second-order valence-electron chi connectivity index (χ2n) is 5.73. The van der Waals surface area contributed by atoms with Crippen LogP contribution in [0, 0.1) is 0 Å². The van der Waals surface area contributed by atoms with Crippen LogP contribution in [0.5, 0.6) is 0 Å². The van der Waals surface area contributed by atoms with E-state index in [0.29, 0.717) is 0 Å². The van der Waals surface area contributed by atoms with Crippen LogP contribution >= 0.6 is 0 Å². The Morgan fingerprint density at radius 1 is 1.38 bits per heavy atom. The lowest BCUT2D eigenvalue weighted by Gasteiger charge is -2.22. The zero-order chi connectivity index (χ0) is 11.9. The van der Waals surface area contributed by atoms with Crippen molar-refractivity contribution in [3.8, 4) is 0 Å². The Morgan fingerprint density at radius 3 is 2.62 bits per heavy atom. The predicted molar refractivity (Wildman–Crippen MR) is 64.9 cm³/mol. The average Bonchev–Trinajstić information content (AvgIpc) is 2.54. The zero-order valence-corrected chi connectivity index (χ0v) is 10.6. The minimum atomic E-state index is 0.00611. The van der Waals surface area contributed by atoms with Crippen LogP contribution in [0.3, 0.4) is 0 Å². The summed E-state index contributed by atoms with van der Waals surface area (Å²) >= 11 is 0. The van der Waals surface area contributed by atoms with Gasteiger partial charge in [-0.1, -0.05) is 20.8 Å². The molecule has 16 heavy (non-hydrogen) atoms. The van der Waals surface area contributed by atoms with Crippen LogP contribution < -0.4 is 0 Å². The lowest BCUT2D eigenvalue weighted by Crippen LogP contribution is -2.26. The van der Waals surface area contributed by atoms with Crippen molar-refractivity contribution >= 4 is 6.29 Å². The van der Waals surface area contributed by atoms with Crippen molar-refractivity contribution in [2.75, 3.05) is 13.6 Å². The third kappa shape index (κ3) is 1.80. The van der Waals surface area contributed by atoms with E-state index < -0.39 is 0 Å². The predicted octanol–water partition coefficient (Wildman–Crippen LogP) is 2.11. The largest absolute Gasteiger partial charge is 0.361 e. The van der Waals surface area contributed by atoms with Crippen LogP contribution in [0.2, 0.25) is 0 Å². The molecule has 0 amide bonds. The monoisotopic (exact) mass is 220 g/mol. The summed E-state index contributed by atoms with van der Waals surface area (Å²) in [7, 11) is 2.10. The Morgan fingerprint density at radius 2 is 2.06 bits per heavy atom. The van der Waals surface area contributed by atoms with Crippen molar-refractivity contribution in [1.82, 2.24) is 9.88 Å². The molecule has 0 fully saturated rings. The van der Waals surface area contributed by atoms with Gasteiger partial charge in [-0.3, -0.25) is 4.79 Å². The van der Waals surface area contributed by atoms with Crippen LogP contribution in [0.1, 0.15) is 48.1 Å². The molecular weight excluding hydrogens is 200 g/mol. The number of carbonyl (C=O) groups excluding carboxylic acids is 1. The highest BCUT2D eigenvalue weighted by Gasteiger charge is 2.27. The second kappa shape index (κ2) is 3.74. The van der Waals surface area contributed by atoms with Crippen molar-refractivity contribution in [2.45, 2.75) is 39.2 Å². The van der Waals surface area contributed by atoms with Crippen molar-refractivity contribution < 1.29 is 4.79 Å². The molecule has 0 spiro atoms. The van der Waals surface area contributed by atoms with Crippen LogP contribution in [0.25, 0.3) is 0 Å². The first kappa shape index (κ1) is 11.4. The Kier molecular flexibility index (Phi) is 2.66. The molecular formula is C13H20N2O. The summed E-state index contributed by atoms with van der Waals surface area (Å²) in [5.74, 6) is 0. The summed E-state index contributed by atoms with van der Waals surface area (Å²) in [5.41, 5.74) is 4.43. The number of aromatic nitrogens is 1. The molecule has 1 aliphatic rings. The first-order valence-corrected chi connectivity index (χ1v) is 5.81. The van der Waals surface area contributed by atoms with E-state index >= 15 is 0 Å². The molecule has 2 rings (SSSR count). The van der Waals surface area contributed by atoms with Crippen LogP contribution in [-0.4, -0.2) is 29.8 Å². The van der Waals surface area contributed by atoms with E-state index in [-0.39, 0.29) is 5.41 Å². The molecule has 1 aromatic rings. The SMILES string of the molecule is CN1CCc2[nH]c(C(C)(C)C)c(C=O)c2C1. The summed E-state index contributed by atoms with van der Waals surface area (Å²) in [6.45, 7) is 8.37. The molecule has 0 aromatic carbocycles. The molecule has 3 heteroatoms. The number of aromatic amines is 1. The fraction of sp³-hybridized carbons (Fsp3) is 0.615. The summed E-state index contributed by atoms with van der Waals surface area (Å²) < 4.78 is 0. The maximum absolute atomic E-state index is 11.3. The van der Waals surface area contributed by atoms with Gasteiger partial charge in [0.2, 0.25) is 0 Å². The topological polar surface area (TPSA) is 36.1 Å². The van der Waals surface area contributed by atoms with E-state index in [9.17, 15) is 4.79 Å².